The number of carbonyl (C=O) groups excluding carboxylic acids is 2. The van der Waals surface area contributed by atoms with Crippen molar-refractivity contribution in [2.24, 2.45) is 0 Å². The average Bonchev–Trinajstić information content (AvgIpc) is 2.27. The number of amides is 2. The molecule has 3 N–H and O–H groups in total. The van der Waals surface area contributed by atoms with Crippen molar-refractivity contribution in [3.63, 3.8) is 0 Å². The van der Waals surface area contributed by atoms with Gasteiger partial charge in [0.1, 0.15) is 0 Å². The van der Waals surface area contributed by atoms with Gasteiger partial charge >= 0.3 is 0 Å². The number of piperidine rings is 1. The monoisotopic (exact) mass is 242 g/mol. The highest BCUT2D eigenvalue weighted by Gasteiger charge is 2.15. The lowest BCUT2D eigenvalue weighted by atomic mass is 10.0. The van der Waals surface area contributed by atoms with Gasteiger partial charge in [-0.3, -0.25) is 25.3 Å². The van der Waals surface area contributed by atoms with Gasteiger partial charge in [0.15, 0.2) is 0 Å². The molecule has 17 heavy (non-hydrogen) atoms. The number of nitrogens with one attached hydrogen (secondary N) is 3. The third kappa shape index (κ3) is 6.23. The number of rotatable bonds is 4. The third-order valence-electron chi connectivity index (χ3n) is 2.74. The van der Waals surface area contributed by atoms with Gasteiger partial charge < -0.3 is 5.32 Å². The second-order valence-electron chi connectivity index (χ2n) is 4.57. The van der Waals surface area contributed by atoms with Gasteiger partial charge in [-0.25, -0.2) is 0 Å². The smallest absolute Gasteiger partial charge is 0.252 e. The standard InChI is InChI=1S/C11H22N4O2/c1-9(16)13-14-11(17)8-15(2)7-10-5-3-4-6-12-10/h10,12H,3-8H2,1-2H3,(H,13,16)(H,14,17). The molecule has 1 aliphatic rings. The first-order chi connectivity index (χ1) is 8.08. The largest absolute Gasteiger partial charge is 0.313 e. The summed E-state index contributed by atoms with van der Waals surface area (Å²) in [5.41, 5.74) is 4.62. The second-order valence-corrected chi connectivity index (χ2v) is 4.57. The van der Waals surface area contributed by atoms with Crippen molar-refractivity contribution in [2.75, 3.05) is 26.7 Å². The van der Waals surface area contributed by atoms with E-state index in [2.05, 4.69) is 16.2 Å². The molecule has 1 heterocycles. The van der Waals surface area contributed by atoms with Crippen molar-refractivity contribution in [3.05, 3.63) is 0 Å². The van der Waals surface area contributed by atoms with Gasteiger partial charge in [-0.15, -0.1) is 0 Å². The first-order valence-electron chi connectivity index (χ1n) is 6.05. The summed E-state index contributed by atoms with van der Waals surface area (Å²) >= 11 is 0. The van der Waals surface area contributed by atoms with E-state index in [1.165, 1.54) is 19.8 Å². The van der Waals surface area contributed by atoms with Crippen LogP contribution in [0.5, 0.6) is 0 Å². The first-order valence-corrected chi connectivity index (χ1v) is 6.05. The zero-order valence-electron chi connectivity index (χ0n) is 10.6. The zero-order chi connectivity index (χ0) is 12.7. The van der Waals surface area contributed by atoms with E-state index in [9.17, 15) is 9.59 Å². The van der Waals surface area contributed by atoms with Crippen molar-refractivity contribution < 1.29 is 9.59 Å². The van der Waals surface area contributed by atoms with Crippen LogP contribution in [0.4, 0.5) is 0 Å². The van der Waals surface area contributed by atoms with Crippen LogP contribution in [-0.4, -0.2) is 49.4 Å². The summed E-state index contributed by atoms with van der Waals surface area (Å²) in [6.45, 7) is 3.57. The van der Waals surface area contributed by atoms with E-state index in [0.717, 1.165) is 19.5 Å². The van der Waals surface area contributed by atoms with E-state index in [1.54, 1.807) is 0 Å². The molecule has 2 amide bonds. The lowest BCUT2D eigenvalue weighted by molar-refractivity contribution is -0.128. The van der Waals surface area contributed by atoms with Gasteiger partial charge in [0.05, 0.1) is 6.54 Å². The van der Waals surface area contributed by atoms with Crippen molar-refractivity contribution >= 4 is 11.8 Å². The number of hydrogen-bond donors (Lipinski definition) is 3. The van der Waals surface area contributed by atoms with Crippen LogP contribution in [0, 0.1) is 0 Å². The minimum absolute atomic E-state index is 0.196. The predicted octanol–water partition coefficient (Wildman–Crippen LogP) is -0.772. The van der Waals surface area contributed by atoms with Crippen LogP contribution in [0.15, 0.2) is 0 Å². The Morgan fingerprint density at radius 3 is 2.71 bits per heavy atom. The van der Waals surface area contributed by atoms with E-state index in [-0.39, 0.29) is 11.8 Å². The molecule has 0 spiro atoms. The Morgan fingerprint density at radius 2 is 2.12 bits per heavy atom. The first kappa shape index (κ1) is 13.9. The maximum Gasteiger partial charge on any atom is 0.252 e. The highest BCUT2D eigenvalue weighted by atomic mass is 16.2. The van der Waals surface area contributed by atoms with E-state index in [0.29, 0.717) is 12.6 Å². The molecule has 1 unspecified atom stereocenters. The lowest BCUT2D eigenvalue weighted by Crippen LogP contribution is -2.48. The number of hydrazine groups is 1. The van der Waals surface area contributed by atoms with Gasteiger partial charge in [-0.05, 0) is 26.4 Å². The van der Waals surface area contributed by atoms with Crippen LogP contribution in [0.3, 0.4) is 0 Å². The Kier molecular flexibility index (Phi) is 5.93. The van der Waals surface area contributed by atoms with Crippen LogP contribution >= 0.6 is 0 Å². The molecule has 1 saturated heterocycles. The van der Waals surface area contributed by atoms with Gasteiger partial charge in [0, 0.05) is 19.5 Å². The Bertz CT molecular complexity index is 264. The molecule has 1 fully saturated rings. The van der Waals surface area contributed by atoms with Crippen molar-refractivity contribution in [1.29, 1.82) is 0 Å². The average molecular weight is 242 g/mol. The summed E-state index contributed by atoms with van der Waals surface area (Å²) in [7, 11) is 1.91. The third-order valence-corrected chi connectivity index (χ3v) is 2.74. The molecule has 0 bridgehead atoms. The van der Waals surface area contributed by atoms with Gasteiger partial charge in [-0.2, -0.15) is 0 Å². The minimum atomic E-state index is -0.269. The number of hydrogen-bond acceptors (Lipinski definition) is 4. The molecule has 0 aromatic rings. The molecular formula is C11H22N4O2. The summed E-state index contributed by atoms with van der Waals surface area (Å²) in [5.74, 6) is -0.464. The van der Waals surface area contributed by atoms with Crippen LogP contribution < -0.4 is 16.2 Å². The minimum Gasteiger partial charge on any atom is -0.313 e. The molecule has 0 saturated carbocycles. The van der Waals surface area contributed by atoms with Crippen LogP contribution in [0.2, 0.25) is 0 Å². The fourth-order valence-electron chi connectivity index (χ4n) is 1.96. The van der Waals surface area contributed by atoms with Gasteiger partial charge in [0.25, 0.3) is 5.91 Å². The normalized spacial score (nSPS) is 20.1. The second kappa shape index (κ2) is 7.24. The molecule has 1 rings (SSSR count). The Morgan fingerprint density at radius 1 is 1.35 bits per heavy atom. The van der Waals surface area contributed by atoms with Crippen molar-refractivity contribution in [3.8, 4) is 0 Å². The maximum absolute atomic E-state index is 11.4. The van der Waals surface area contributed by atoms with Crippen molar-refractivity contribution in [2.45, 2.75) is 32.2 Å². The molecular weight excluding hydrogens is 220 g/mol. The van der Waals surface area contributed by atoms with Gasteiger partial charge in [-0.1, -0.05) is 6.42 Å². The fourth-order valence-corrected chi connectivity index (χ4v) is 1.96. The summed E-state index contributed by atoms with van der Waals surface area (Å²) in [5, 5.41) is 3.43. The molecule has 0 aliphatic carbocycles. The quantitative estimate of drug-likeness (QED) is 0.566. The summed E-state index contributed by atoms with van der Waals surface area (Å²) < 4.78 is 0. The van der Waals surface area contributed by atoms with Crippen molar-refractivity contribution in [1.82, 2.24) is 21.1 Å². The molecule has 0 radical (unpaired) electrons. The van der Waals surface area contributed by atoms with E-state index >= 15 is 0 Å². The molecule has 0 aromatic heterocycles. The number of likely N-dealkylation sites (N-methyl/N-ethyl adjacent to an activating group) is 1. The Hall–Kier alpha value is -1.14. The predicted molar refractivity (Wildman–Crippen MR) is 65.1 cm³/mol. The Labute approximate surface area is 102 Å². The molecule has 0 aromatic carbocycles. The summed E-state index contributed by atoms with van der Waals surface area (Å²) in [6.07, 6.45) is 3.66. The Balaban J connectivity index is 2.16. The molecule has 1 aliphatic heterocycles. The summed E-state index contributed by atoms with van der Waals surface area (Å²) in [6, 6.07) is 0.474. The number of carbonyl (C=O) groups is 2. The molecule has 1 atom stereocenters. The highest BCUT2D eigenvalue weighted by molar-refractivity contribution is 5.81. The topological polar surface area (TPSA) is 73.5 Å². The lowest BCUT2D eigenvalue weighted by Gasteiger charge is -2.27. The van der Waals surface area contributed by atoms with E-state index in [1.807, 2.05) is 11.9 Å². The molecule has 98 valence electrons. The zero-order valence-corrected chi connectivity index (χ0v) is 10.6. The SMILES string of the molecule is CC(=O)NNC(=O)CN(C)CC1CCCCN1. The molecule has 6 heteroatoms. The van der Waals surface area contributed by atoms with Crippen LogP contribution in [0.1, 0.15) is 26.2 Å². The number of nitrogens with zero attached hydrogens (tertiary/aromatic N) is 1. The van der Waals surface area contributed by atoms with E-state index in [4.69, 9.17) is 0 Å². The van der Waals surface area contributed by atoms with Crippen LogP contribution in [-0.2, 0) is 9.59 Å². The summed E-state index contributed by atoms with van der Waals surface area (Å²) in [4.78, 5) is 24.0. The maximum atomic E-state index is 11.4. The van der Waals surface area contributed by atoms with Crippen LogP contribution in [0.25, 0.3) is 0 Å². The van der Waals surface area contributed by atoms with Gasteiger partial charge in [0.2, 0.25) is 5.91 Å². The van der Waals surface area contributed by atoms with E-state index < -0.39 is 0 Å². The fraction of sp³-hybridized carbons (Fsp3) is 0.818. The highest BCUT2D eigenvalue weighted by Crippen LogP contribution is 2.07. The molecule has 6 nitrogen and oxygen atoms in total.